The summed E-state index contributed by atoms with van der Waals surface area (Å²) in [5.41, 5.74) is 0. The maximum Gasteiger partial charge on any atom is 0.317 e. The number of nitrogens with one attached hydrogen (secondary N) is 1. The maximum atomic E-state index is 10.2. The van der Waals surface area contributed by atoms with Crippen LogP contribution in [-0.2, 0) is 9.59 Å². The average molecular weight is 155 g/mol. The highest BCUT2D eigenvalue weighted by Crippen LogP contribution is 1.62. The van der Waals surface area contributed by atoms with Gasteiger partial charge in [0.2, 0.25) is 5.78 Å². The molecule has 0 aromatic rings. The normalized spacial score (nSPS) is 8.09. The number of aliphatic carboxylic acids is 1. The molecule has 0 aliphatic heterocycles. The Morgan fingerprint density at radius 1 is 1.55 bits per heavy atom. The first-order valence-electron chi connectivity index (χ1n) is 3.05. The Morgan fingerprint density at radius 2 is 2.18 bits per heavy atom. The molecule has 0 aliphatic carbocycles. The summed E-state index contributed by atoms with van der Waals surface area (Å²) in [6.07, 6.45) is 0. The molecular weight excluding hydrogens is 146 g/mol. The summed E-state index contributed by atoms with van der Waals surface area (Å²) in [7, 11) is 0. The number of hydrogen-bond acceptors (Lipinski definition) is 3. The van der Waals surface area contributed by atoms with E-state index in [4.69, 9.17) is 5.11 Å². The smallest absolute Gasteiger partial charge is 0.317 e. The third-order valence-electron chi connectivity index (χ3n) is 0.754. The molecule has 0 atom stereocenters. The fourth-order valence-electron chi connectivity index (χ4n) is 0.401. The lowest BCUT2D eigenvalue weighted by Crippen LogP contribution is -2.22. The molecule has 0 aliphatic rings. The Labute approximate surface area is 64.6 Å². The topological polar surface area (TPSA) is 66.4 Å². The minimum absolute atomic E-state index is 0.132. The van der Waals surface area contributed by atoms with Gasteiger partial charge in [0.1, 0.15) is 0 Å². The molecule has 0 rings (SSSR count). The summed E-state index contributed by atoms with van der Waals surface area (Å²) < 4.78 is 0. The van der Waals surface area contributed by atoms with Gasteiger partial charge in [-0.1, -0.05) is 5.92 Å². The molecule has 0 saturated heterocycles. The van der Waals surface area contributed by atoms with Crippen molar-refractivity contribution in [3.05, 3.63) is 0 Å². The molecule has 0 spiro atoms. The summed E-state index contributed by atoms with van der Waals surface area (Å²) in [6, 6.07) is 0. The number of carbonyl (C=O) groups excluding carboxylic acids is 1. The van der Waals surface area contributed by atoms with E-state index in [0.717, 1.165) is 0 Å². The quantitative estimate of drug-likeness (QED) is 0.320. The first kappa shape index (κ1) is 9.66. The monoisotopic (exact) mass is 155 g/mol. The Hall–Kier alpha value is -1.34. The van der Waals surface area contributed by atoms with Gasteiger partial charge < -0.3 is 5.11 Å². The van der Waals surface area contributed by atoms with Crippen LogP contribution in [0.5, 0.6) is 0 Å². The minimum atomic E-state index is -0.936. The van der Waals surface area contributed by atoms with E-state index in [0.29, 0.717) is 0 Å². The van der Waals surface area contributed by atoms with Crippen LogP contribution in [0.15, 0.2) is 0 Å². The molecule has 0 aromatic heterocycles. The van der Waals surface area contributed by atoms with Crippen molar-refractivity contribution in [3.63, 3.8) is 0 Å². The largest absolute Gasteiger partial charge is 0.480 e. The molecule has 2 N–H and O–H groups in total. The number of Topliss-reactive ketones (excluding diaryl/α,β-unsaturated/α-hetero) is 1. The third kappa shape index (κ3) is 8.66. The van der Waals surface area contributed by atoms with Gasteiger partial charge in [-0.25, -0.2) is 0 Å². The van der Waals surface area contributed by atoms with E-state index < -0.39 is 5.97 Å². The lowest BCUT2D eigenvalue weighted by molar-refractivity contribution is -0.135. The SMILES string of the molecule is CC(=O)C#CCNCC(=O)O. The molecule has 0 heterocycles. The number of carboxylic acid groups (broad SMARTS) is 1. The number of ketones is 1. The highest BCUT2D eigenvalue weighted by atomic mass is 16.4. The van der Waals surface area contributed by atoms with E-state index in [-0.39, 0.29) is 18.9 Å². The Kier molecular flexibility index (Phi) is 4.78. The van der Waals surface area contributed by atoms with Crippen molar-refractivity contribution in [3.8, 4) is 11.8 Å². The lowest BCUT2D eigenvalue weighted by Gasteiger charge is -1.91. The van der Waals surface area contributed by atoms with Crippen LogP contribution in [0.3, 0.4) is 0 Å². The molecule has 0 aromatic carbocycles. The summed E-state index contributed by atoms with van der Waals surface area (Å²) >= 11 is 0. The number of carbonyl (C=O) groups is 2. The molecule has 0 fully saturated rings. The van der Waals surface area contributed by atoms with Gasteiger partial charge in [-0.2, -0.15) is 0 Å². The summed E-state index contributed by atoms with van der Waals surface area (Å²) in [5, 5.41) is 10.7. The molecule has 11 heavy (non-hydrogen) atoms. The molecule has 60 valence electrons. The van der Waals surface area contributed by atoms with Crippen LogP contribution in [0.25, 0.3) is 0 Å². The van der Waals surface area contributed by atoms with E-state index in [1.165, 1.54) is 6.92 Å². The highest BCUT2D eigenvalue weighted by molar-refractivity contribution is 5.93. The van der Waals surface area contributed by atoms with Gasteiger partial charge in [0, 0.05) is 6.92 Å². The van der Waals surface area contributed by atoms with Gasteiger partial charge in [-0.3, -0.25) is 14.9 Å². The molecule has 0 unspecified atom stereocenters. The zero-order valence-electron chi connectivity index (χ0n) is 6.18. The van der Waals surface area contributed by atoms with Crippen molar-refractivity contribution in [1.82, 2.24) is 5.32 Å². The van der Waals surface area contributed by atoms with Crippen LogP contribution >= 0.6 is 0 Å². The minimum Gasteiger partial charge on any atom is -0.480 e. The fraction of sp³-hybridized carbons (Fsp3) is 0.429. The fourth-order valence-corrected chi connectivity index (χ4v) is 0.401. The first-order valence-corrected chi connectivity index (χ1v) is 3.05. The van der Waals surface area contributed by atoms with E-state index in [9.17, 15) is 9.59 Å². The molecule has 0 bridgehead atoms. The second-order valence-electron chi connectivity index (χ2n) is 1.86. The van der Waals surface area contributed by atoms with Crippen LogP contribution < -0.4 is 5.32 Å². The summed E-state index contributed by atoms with van der Waals surface area (Å²) in [4.78, 5) is 20.1. The van der Waals surface area contributed by atoms with E-state index in [1.54, 1.807) is 0 Å². The number of carboxylic acids is 1. The molecule has 0 saturated carbocycles. The van der Waals surface area contributed by atoms with Crippen molar-refractivity contribution >= 4 is 11.8 Å². The van der Waals surface area contributed by atoms with Gasteiger partial charge in [-0.15, -0.1) is 0 Å². The summed E-state index contributed by atoms with van der Waals surface area (Å²) in [5.74, 6) is 3.59. The molecule has 4 nitrogen and oxygen atoms in total. The Bertz CT molecular complexity index is 211. The molecular formula is C7H9NO3. The van der Waals surface area contributed by atoms with Crippen molar-refractivity contribution in [2.24, 2.45) is 0 Å². The zero-order chi connectivity index (χ0) is 8.69. The van der Waals surface area contributed by atoms with Gasteiger partial charge >= 0.3 is 5.97 Å². The number of hydrogen-bond donors (Lipinski definition) is 2. The average Bonchev–Trinajstić information content (AvgIpc) is 1.85. The van der Waals surface area contributed by atoms with Crippen molar-refractivity contribution in [1.29, 1.82) is 0 Å². The van der Waals surface area contributed by atoms with Gasteiger partial charge in [0.25, 0.3) is 0 Å². The molecule has 4 heteroatoms. The maximum absolute atomic E-state index is 10.2. The highest BCUT2D eigenvalue weighted by Gasteiger charge is 1.90. The predicted molar refractivity (Wildman–Crippen MR) is 39.0 cm³/mol. The Balaban J connectivity index is 3.37. The van der Waals surface area contributed by atoms with Crippen molar-refractivity contribution in [2.45, 2.75) is 6.92 Å². The van der Waals surface area contributed by atoms with Gasteiger partial charge in [0.15, 0.2) is 0 Å². The van der Waals surface area contributed by atoms with Crippen LogP contribution in [0.1, 0.15) is 6.92 Å². The zero-order valence-corrected chi connectivity index (χ0v) is 6.18. The van der Waals surface area contributed by atoms with Crippen LogP contribution in [-0.4, -0.2) is 29.9 Å². The lowest BCUT2D eigenvalue weighted by atomic mass is 10.4. The van der Waals surface area contributed by atoms with E-state index >= 15 is 0 Å². The van der Waals surface area contributed by atoms with Crippen LogP contribution in [0, 0.1) is 11.8 Å². The molecule has 0 amide bonds. The second kappa shape index (κ2) is 5.45. The number of rotatable bonds is 3. The van der Waals surface area contributed by atoms with Crippen LogP contribution in [0.4, 0.5) is 0 Å². The van der Waals surface area contributed by atoms with Gasteiger partial charge in [0.05, 0.1) is 13.1 Å². The van der Waals surface area contributed by atoms with E-state index in [1.807, 2.05) is 0 Å². The predicted octanol–water partition coefficient (Wildman–Crippen LogP) is -0.747. The third-order valence-corrected chi connectivity index (χ3v) is 0.754. The molecule has 0 radical (unpaired) electrons. The van der Waals surface area contributed by atoms with E-state index in [2.05, 4.69) is 17.2 Å². The first-order chi connectivity index (χ1) is 5.13. The summed E-state index contributed by atoms with van der Waals surface area (Å²) in [6.45, 7) is 1.45. The van der Waals surface area contributed by atoms with Crippen molar-refractivity contribution in [2.75, 3.05) is 13.1 Å². The van der Waals surface area contributed by atoms with Crippen molar-refractivity contribution < 1.29 is 14.7 Å². The second-order valence-corrected chi connectivity index (χ2v) is 1.86. The van der Waals surface area contributed by atoms with Crippen LogP contribution in [0.2, 0.25) is 0 Å². The Morgan fingerprint density at radius 3 is 2.64 bits per heavy atom. The standard InChI is InChI=1S/C7H9NO3/c1-6(9)3-2-4-8-5-7(10)11/h8H,4-5H2,1H3,(H,10,11). The van der Waals surface area contributed by atoms with Gasteiger partial charge in [-0.05, 0) is 5.92 Å².